The molecule has 0 aromatic heterocycles. The van der Waals surface area contributed by atoms with E-state index in [-0.39, 0.29) is 11.4 Å². The van der Waals surface area contributed by atoms with Crippen molar-refractivity contribution in [3.8, 4) is 0 Å². The number of rotatable bonds is 4. The zero-order valence-electron chi connectivity index (χ0n) is 11.2. The zero-order valence-corrected chi connectivity index (χ0v) is 13.6. The molecule has 2 aromatic carbocycles. The van der Waals surface area contributed by atoms with Crippen LogP contribution in [0.15, 0.2) is 40.9 Å². The van der Waals surface area contributed by atoms with Gasteiger partial charge in [-0.2, -0.15) is 0 Å². The number of nitrogen functional groups attached to an aromatic ring is 1. The number of anilines is 2. The highest BCUT2D eigenvalue weighted by atomic mass is 79.9. The van der Waals surface area contributed by atoms with Crippen LogP contribution in [0.2, 0.25) is 0 Å². The second-order valence-electron chi connectivity index (χ2n) is 4.69. The summed E-state index contributed by atoms with van der Waals surface area (Å²) in [7, 11) is -3.64. The third kappa shape index (κ3) is 4.18. The van der Waals surface area contributed by atoms with Gasteiger partial charge in [-0.3, -0.25) is 4.72 Å². The molecule has 0 saturated heterocycles. The van der Waals surface area contributed by atoms with E-state index < -0.39 is 15.8 Å². The lowest BCUT2D eigenvalue weighted by Gasteiger charge is -2.11. The predicted molar refractivity (Wildman–Crippen MR) is 85.9 cm³/mol. The highest BCUT2D eigenvalue weighted by Gasteiger charge is 2.15. The van der Waals surface area contributed by atoms with E-state index in [0.717, 1.165) is 6.07 Å². The third-order valence-corrected chi connectivity index (χ3v) is 4.69. The van der Waals surface area contributed by atoms with E-state index in [1.54, 1.807) is 31.2 Å². The number of halogens is 2. The maximum Gasteiger partial charge on any atom is 0.236 e. The minimum Gasteiger partial charge on any atom is -0.399 e. The molecule has 21 heavy (non-hydrogen) atoms. The van der Waals surface area contributed by atoms with Crippen LogP contribution < -0.4 is 10.5 Å². The van der Waals surface area contributed by atoms with E-state index >= 15 is 0 Å². The van der Waals surface area contributed by atoms with Crippen LogP contribution in [0.4, 0.5) is 15.8 Å². The summed E-state index contributed by atoms with van der Waals surface area (Å²) in [5.41, 5.74) is 7.53. The van der Waals surface area contributed by atoms with Gasteiger partial charge in [-0.25, -0.2) is 12.8 Å². The van der Waals surface area contributed by atoms with Crippen LogP contribution in [0.5, 0.6) is 0 Å². The van der Waals surface area contributed by atoms with E-state index in [0.29, 0.717) is 21.3 Å². The molecule has 0 unspecified atom stereocenters. The second-order valence-corrected chi connectivity index (χ2v) is 7.26. The van der Waals surface area contributed by atoms with Crippen molar-refractivity contribution in [3.63, 3.8) is 0 Å². The molecule has 4 nitrogen and oxygen atoms in total. The van der Waals surface area contributed by atoms with Gasteiger partial charge in [0.1, 0.15) is 5.82 Å². The summed E-state index contributed by atoms with van der Waals surface area (Å²) < 4.78 is 40.5. The molecule has 0 aliphatic rings. The summed E-state index contributed by atoms with van der Waals surface area (Å²) in [4.78, 5) is 0. The van der Waals surface area contributed by atoms with Gasteiger partial charge in [0.2, 0.25) is 10.0 Å². The average molecular weight is 373 g/mol. The fourth-order valence-corrected chi connectivity index (χ4v) is 3.57. The Balaban J connectivity index is 2.24. The largest absolute Gasteiger partial charge is 0.399 e. The molecule has 0 aliphatic heterocycles. The van der Waals surface area contributed by atoms with Gasteiger partial charge in [-0.1, -0.05) is 12.1 Å². The van der Waals surface area contributed by atoms with Gasteiger partial charge >= 0.3 is 0 Å². The molecule has 2 aromatic rings. The van der Waals surface area contributed by atoms with Gasteiger partial charge in [-0.15, -0.1) is 0 Å². The summed E-state index contributed by atoms with van der Waals surface area (Å²) in [6, 6.07) is 9.30. The van der Waals surface area contributed by atoms with E-state index in [2.05, 4.69) is 20.7 Å². The van der Waals surface area contributed by atoms with Crippen LogP contribution in [0.3, 0.4) is 0 Å². The second kappa shape index (κ2) is 6.03. The van der Waals surface area contributed by atoms with Crippen LogP contribution in [-0.4, -0.2) is 8.42 Å². The van der Waals surface area contributed by atoms with Crippen molar-refractivity contribution in [2.75, 3.05) is 10.5 Å². The normalized spacial score (nSPS) is 11.4. The van der Waals surface area contributed by atoms with Crippen LogP contribution >= 0.6 is 15.9 Å². The molecule has 0 spiro atoms. The number of nitrogens with two attached hydrogens (primary N) is 1. The molecule has 0 heterocycles. The molecule has 0 fully saturated rings. The first-order valence-electron chi connectivity index (χ1n) is 6.07. The van der Waals surface area contributed by atoms with Crippen LogP contribution in [0, 0.1) is 12.7 Å². The van der Waals surface area contributed by atoms with E-state index in [9.17, 15) is 12.8 Å². The molecule has 3 N–H and O–H groups in total. The van der Waals surface area contributed by atoms with Crippen LogP contribution in [0.25, 0.3) is 0 Å². The molecule has 0 saturated carbocycles. The fraction of sp³-hybridized carbons (Fsp3) is 0.143. The van der Waals surface area contributed by atoms with Gasteiger partial charge in [0.25, 0.3) is 0 Å². The van der Waals surface area contributed by atoms with Crippen molar-refractivity contribution in [1.82, 2.24) is 0 Å². The fourth-order valence-electron chi connectivity index (χ4n) is 1.86. The number of aryl methyl sites for hydroxylation is 1. The molecule has 0 radical (unpaired) electrons. The Hall–Kier alpha value is -1.60. The molecule has 2 rings (SSSR count). The minimum absolute atomic E-state index is 0.222. The number of hydrogen-bond acceptors (Lipinski definition) is 3. The van der Waals surface area contributed by atoms with Gasteiger partial charge in [0.05, 0.1) is 15.9 Å². The van der Waals surface area contributed by atoms with Crippen molar-refractivity contribution in [2.24, 2.45) is 0 Å². The van der Waals surface area contributed by atoms with Crippen molar-refractivity contribution in [1.29, 1.82) is 0 Å². The predicted octanol–water partition coefficient (Wildman–Crippen LogP) is 3.42. The van der Waals surface area contributed by atoms with Gasteiger partial charge in [0.15, 0.2) is 0 Å². The molecule has 0 amide bonds. The number of sulfonamides is 1. The highest BCUT2D eigenvalue weighted by Crippen LogP contribution is 2.25. The smallest absolute Gasteiger partial charge is 0.236 e. The van der Waals surface area contributed by atoms with Crippen LogP contribution in [-0.2, 0) is 15.8 Å². The Morgan fingerprint density at radius 1 is 1.29 bits per heavy atom. The Kier molecular flexibility index (Phi) is 4.53. The quantitative estimate of drug-likeness (QED) is 0.807. The zero-order chi connectivity index (χ0) is 15.6. The number of benzene rings is 2. The lowest BCUT2D eigenvalue weighted by atomic mass is 10.2. The molecule has 0 aliphatic carbocycles. The summed E-state index contributed by atoms with van der Waals surface area (Å²) in [6.45, 7) is 1.70. The van der Waals surface area contributed by atoms with E-state index in [1.807, 2.05) is 0 Å². The van der Waals surface area contributed by atoms with E-state index in [1.165, 1.54) is 6.07 Å². The van der Waals surface area contributed by atoms with Gasteiger partial charge in [0, 0.05) is 5.69 Å². The first kappa shape index (κ1) is 15.8. The Labute approximate surface area is 131 Å². The van der Waals surface area contributed by atoms with Crippen molar-refractivity contribution in [3.05, 3.63) is 57.8 Å². The van der Waals surface area contributed by atoms with Crippen LogP contribution in [0.1, 0.15) is 11.1 Å². The molecule has 0 atom stereocenters. The monoisotopic (exact) mass is 372 g/mol. The van der Waals surface area contributed by atoms with Crippen molar-refractivity contribution < 1.29 is 12.8 Å². The van der Waals surface area contributed by atoms with Crippen molar-refractivity contribution in [2.45, 2.75) is 12.7 Å². The maximum absolute atomic E-state index is 13.5. The highest BCUT2D eigenvalue weighted by molar-refractivity contribution is 9.10. The van der Waals surface area contributed by atoms with E-state index in [4.69, 9.17) is 5.73 Å². The Morgan fingerprint density at radius 2 is 2.00 bits per heavy atom. The summed E-state index contributed by atoms with van der Waals surface area (Å²) >= 11 is 3.06. The standard InChI is InChI=1S/C14H14BrFN2O2S/c1-9-5-12(15)13(16)7-14(9)18-21(19,20)8-10-3-2-4-11(17)6-10/h2-7,18H,8,17H2,1H3. The Morgan fingerprint density at radius 3 is 2.67 bits per heavy atom. The van der Waals surface area contributed by atoms with Crippen molar-refractivity contribution >= 4 is 37.3 Å². The lowest BCUT2D eigenvalue weighted by Crippen LogP contribution is -2.16. The van der Waals surface area contributed by atoms with Gasteiger partial charge in [-0.05, 0) is 58.2 Å². The Bertz CT molecular complexity index is 779. The minimum atomic E-state index is -3.64. The molecular weight excluding hydrogens is 359 g/mol. The maximum atomic E-state index is 13.5. The third-order valence-electron chi connectivity index (χ3n) is 2.84. The summed E-state index contributed by atoms with van der Waals surface area (Å²) in [5, 5.41) is 0. The summed E-state index contributed by atoms with van der Waals surface area (Å²) in [5.74, 6) is -0.753. The molecule has 7 heteroatoms. The molecule has 0 bridgehead atoms. The SMILES string of the molecule is Cc1cc(Br)c(F)cc1NS(=O)(=O)Cc1cccc(N)c1. The average Bonchev–Trinajstić information content (AvgIpc) is 2.35. The van der Waals surface area contributed by atoms with Gasteiger partial charge < -0.3 is 5.73 Å². The first-order valence-corrected chi connectivity index (χ1v) is 8.52. The first-order chi connectivity index (χ1) is 9.77. The topological polar surface area (TPSA) is 72.2 Å². The molecule has 112 valence electrons. The number of nitrogens with one attached hydrogen (secondary N) is 1. The molecular formula is C14H14BrFN2O2S. The lowest BCUT2D eigenvalue weighted by molar-refractivity contribution is 0.600. The summed E-state index contributed by atoms with van der Waals surface area (Å²) in [6.07, 6.45) is 0. The number of hydrogen-bond donors (Lipinski definition) is 2.